The van der Waals surface area contributed by atoms with Crippen molar-refractivity contribution in [1.82, 2.24) is 4.90 Å². The maximum atomic E-state index is 11.2. The minimum atomic E-state index is -0.272. The Morgan fingerprint density at radius 2 is 2.08 bits per heavy atom. The second-order valence-electron chi connectivity index (χ2n) is 3.17. The van der Waals surface area contributed by atoms with Gasteiger partial charge in [-0.2, -0.15) is 0 Å². The van der Waals surface area contributed by atoms with E-state index in [9.17, 15) is 4.79 Å². The molecule has 1 fully saturated rings. The Bertz CT molecular complexity index is 212. The van der Waals surface area contributed by atoms with Crippen molar-refractivity contribution in [2.24, 2.45) is 0 Å². The molecule has 1 rings (SSSR count). The molecule has 0 radical (unpaired) electrons. The van der Waals surface area contributed by atoms with Gasteiger partial charge in [0.05, 0.1) is 5.54 Å². The normalized spacial score (nSPS) is 20.6. The molecule has 1 aliphatic heterocycles. The summed E-state index contributed by atoms with van der Waals surface area (Å²) < 4.78 is 0. The van der Waals surface area contributed by atoms with Gasteiger partial charge < -0.3 is 4.90 Å². The van der Waals surface area contributed by atoms with Gasteiger partial charge in [0.2, 0.25) is 5.91 Å². The largest absolute Gasteiger partial charge is 0.330 e. The number of amides is 1. The standard InChI is InChI=1S/C10H15NO/c1-4-10(5-2)7-6-8-11(10)9(3)12/h4-5H,1-2,6-8H2,3H3. The molecule has 66 valence electrons. The molecule has 0 spiro atoms. The van der Waals surface area contributed by atoms with Crippen molar-refractivity contribution in [3.63, 3.8) is 0 Å². The van der Waals surface area contributed by atoms with Crippen LogP contribution in [0.2, 0.25) is 0 Å². The Morgan fingerprint density at radius 1 is 1.50 bits per heavy atom. The molecule has 0 aromatic carbocycles. The lowest BCUT2D eigenvalue weighted by Gasteiger charge is -2.32. The van der Waals surface area contributed by atoms with Gasteiger partial charge in [-0.1, -0.05) is 12.2 Å². The summed E-state index contributed by atoms with van der Waals surface area (Å²) in [5, 5.41) is 0. The van der Waals surface area contributed by atoms with E-state index >= 15 is 0 Å². The zero-order chi connectivity index (χ0) is 9.19. The van der Waals surface area contributed by atoms with Gasteiger partial charge >= 0.3 is 0 Å². The molecule has 1 heterocycles. The van der Waals surface area contributed by atoms with E-state index in [1.807, 2.05) is 17.1 Å². The molecule has 0 atom stereocenters. The van der Waals surface area contributed by atoms with Gasteiger partial charge in [0.15, 0.2) is 0 Å². The van der Waals surface area contributed by atoms with Crippen LogP contribution in [0.3, 0.4) is 0 Å². The van der Waals surface area contributed by atoms with Crippen molar-refractivity contribution < 1.29 is 4.79 Å². The molecular formula is C10H15NO. The SMILES string of the molecule is C=CC1(C=C)CCCN1C(C)=O. The highest BCUT2D eigenvalue weighted by molar-refractivity contribution is 5.75. The second kappa shape index (κ2) is 3.13. The molecule has 1 saturated heterocycles. The third-order valence-electron chi connectivity index (χ3n) is 2.55. The molecule has 0 aromatic rings. The Morgan fingerprint density at radius 3 is 2.42 bits per heavy atom. The van der Waals surface area contributed by atoms with Crippen molar-refractivity contribution in [1.29, 1.82) is 0 Å². The smallest absolute Gasteiger partial charge is 0.220 e. The fourth-order valence-electron chi connectivity index (χ4n) is 1.82. The van der Waals surface area contributed by atoms with Crippen molar-refractivity contribution >= 4 is 5.91 Å². The van der Waals surface area contributed by atoms with Crippen molar-refractivity contribution in [3.05, 3.63) is 25.3 Å². The van der Waals surface area contributed by atoms with Crippen LogP contribution in [0.1, 0.15) is 19.8 Å². The fourth-order valence-corrected chi connectivity index (χ4v) is 1.82. The minimum Gasteiger partial charge on any atom is -0.330 e. The van der Waals surface area contributed by atoms with Gasteiger partial charge in [-0.25, -0.2) is 0 Å². The fraction of sp³-hybridized carbons (Fsp3) is 0.500. The van der Waals surface area contributed by atoms with E-state index in [4.69, 9.17) is 0 Å². The lowest BCUT2D eigenvalue weighted by molar-refractivity contribution is -0.130. The molecule has 2 heteroatoms. The van der Waals surface area contributed by atoms with E-state index in [1.165, 1.54) is 0 Å². The number of nitrogens with zero attached hydrogens (tertiary/aromatic N) is 1. The molecule has 0 unspecified atom stereocenters. The van der Waals surface area contributed by atoms with Crippen LogP contribution in [0.15, 0.2) is 25.3 Å². The maximum Gasteiger partial charge on any atom is 0.220 e. The highest BCUT2D eigenvalue weighted by Gasteiger charge is 2.36. The van der Waals surface area contributed by atoms with Crippen LogP contribution in [0.4, 0.5) is 0 Å². The number of hydrogen-bond acceptors (Lipinski definition) is 1. The Kier molecular flexibility index (Phi) is 2.36. The summed E-state index contributed by atoms with van der Waals surface area (Å²) in [5.41, 5.74) is -0.272. The van der Waals surface area contributed by atoms with E-state index < -0.39 is 0 Å². The zero-order valence-corrected chi connectivity index (χ0v) is 7.55. The molecule has 1 aliphatic rings. The van der Waals surface area contributed by atoms with Gasteiger partial charge in [0.25, 0.3) is 0 Å². The number of carbonyl (C=O) groups is 1. The average molecular weight is 165 g/mol. The van der Waals surface area contributed by atoms with Gasteiger partial charge in [0.1, 0.15) is 0 Å². The maximum absolute atomic E-state index is 11.2. The molecule has 0 bridgehead atoms. The molecule has 0 saturated carbocycles. The number of likely N-dealkylation sites (tertiary alicyclic amines) is 1. The number of carbonyl (C=O) groups excluding carboxylic acids is 1. The molecule has 2 nitrogen and oxygen atoms in total. The molecule has 0 aliphatic carbocycles. The van der Waals surface area contributed by atoms with Gasteiger partial charge in [0, 0.05) is 13.5 Å². The van der Waals surface area contributed by atoms with E-state index in [1.54, 1.807) is 6.92 Å². The van der Waals surface area contributed by atoms with E-state index in [-0.39, 0.29) is 11.4 Å². The number of rotatable bonds is 2. The molecular weight excluding hydrogens is 150 g/mol. The molecule has 0 aromatic heterocycles. The summed E-state index contributed by atoms with van der Waals surface area (Å²) in [7, 11) is 0. The monoisotopic (exact) mass is 165 g/mol. The predicted octanol–water partition coefficient (Wildman–Crippen LogP) is 1.74. The van der Waals surface area contributed by atoms with Gasteiger partial charge in [-0.3, -0.25) is 4.79 Å². The van der Waals surface area contributed by atoms with E-state index in [0.29, 0.717) is 0 Å². The van der Waals surface area contributed by atoms with Crippen molar-refractivity contribution in [2.45, 2.75) is 25.3 Å². The third-order valence-corrected chi connectivity index (χ3v) is 2.55. The summed E-state index contributed by atoms with van der Waals surface area (Å²) in [6.07, 6.45) is 5.62. The first kappa shape index (κ1) is 9.04. The average Bonchev–Trinajstić information content (AvgIpc) is 2.48. The van der Waals surface area contributed by atoms with Crippen LogP contribution in [0.5, 0.6) is 0 Å². The van der Waals surface area contributed by atoms with Crippen molar-refractivity contribution in [2.75, 3.05) is 6.54 Å². The van der Waals surface area contributed by atoms with Crippen LogP contribution >= 0.6 is 0 Å². The quantitative estimate of drug-likeness (QED) is 0.571. The third kappa shape index (κ3) is 1.17. The number of hydrogen-bond donors (Lipinski definition) is 0. The molecule has 12 heavy (non-hydrogen) atoms. The summed E-state index contributed by atoms with van der Waals surface area (Å²) in [6, 6.07) is 0. The van der Waals surface area contributed by atoms with Crippen LogP contribution < -0.4 is 0 Å². The van der Waals surface area contributed by atoms with Gasteiger partial charge in [-0.15, -0.1) is 13.2 Å². The summed E-state index contributed by atoms with van der Waals surface area (Å²) in [5.74, 6) is 0.104. The topological polar surface area (TPSA) is 20.3 Å². The second-order valence-corrected chi connectivity index (χ2v) is 3.17. The Labute approximate surface area is 73.6 Å². The molecule has 0 N–H and O–H groups in total. The Balaban J connectivity index is 2.93. The summed E-state index contributed by atoms with van der Waals surface area (Å²) >= 11 is 0. The molecule has 1 amide bonds. The van der Waals surface area contributed by atoms with Gasteiger partial charge in [-0.05, 0) is 12.8 Å². The highest BCUT2D eigenvalue weighted by Crippen LogP contribution is 2.31. The first-order chi connectivity index (χ1) is 5.66. The van der Waals surface area contributed by atoms with E-state index in [0.717, 1.165) is 19.4 Å². The lowest BCUT2D eigenvalue weighted by Crippen LogP contribution is -2.42. The zero-order valence-electron chi connectivity index (χ0n) is 7.55. The van der Waals surface area contributed by atoms with Crippen LogP contribution in [-0.2, 0) is 4.79 Å². The van der Waals surface area contributed by atoms with Crippen LogP contribution in [0, 0.1) is 0 Å². The highest BCUT2D eigenvalue weighted by atomic mass is 16.2. The first-order valence-electron chi connectivity index (χ1n) is 4.21. The van der Waals surface area contributed by atoms with Crippen molar-refractivity contribution in [3.8, 4) is 0 Å². The van der Waals surface area contributed by atoms with E-state index in [2.05, 4.69) is 13.2 Å². The Hall–Kier alpha value is -1.05. The predicted molar refractivity (Wildman–Crippen MR) is 49.7 cm³/mol. The van der Waals surface area contributed by atoms with Crippen LogP contribution in [0.25, 0.3) is 0 Å². The lowest BCUT2D eigenvalue weighted by atomic mass is 9.96. The minimum absolute atomic E-state index is 0.104. The summed E-state index contributed by atoms with van der Waals surface area (Å²) in [4.78, 5) is 13.0. The first-order valence-corrected chi connectivity index (χ1v) is 4.21. The van der Waals surface area contributed by atoms with Crippen LogP contribution in [-0.4, -0.2) is 22.9 Å². The summed E-state index contributed by atoms with van der Waals surface area (Å²) in [6.45, 7) is 9.92.